The normalized spacial score (nSPS) is 10.4. The molecule has 0 aliphatic rings. The van der Waals surface area contributed by atoms with Crippen LogP contribution >= 0.6 is 0 Å². The number of hydrogen-bond donors (Lipinski definition) is 1. The molecule has 94 valence electrons. The predicted octanol–water partition coefficient (Wildman–Crippen LogP) is 1.71. The molecule has 0 bridgehead atoms. The van der Waals surface area contributed by atoms with Crippen LogP contribution in [-0.4, -0.2) is 22.1 Å². The minimum Gasteiger partial charge on any atom is -0.481 e. The summed E-state index contributed by atoms with van der Waals surface area (Å²) in [7, 11) is 1.56. The van der Waals surface area contributed by atoms with Crippen LogP contribution in [0.15, 0.2) is 23.1 Å². The summed E-state index contributed by atoms with van der Waals surface area (Å²) in [5.74, 6) is 1.07. The van der Waals surface area contributed by atoms with Crippen molar-refractivity contribution in [1.82, 2.24) is 15.0 Å². The second-order valence-corrected chi connectivity index (χ2v) is 3.93. The van der Waals surface area contributed by atoms with Crippen molar-refractivity contribution in [3.05, 3.63) is 39.9 Å². The van der Waals surface area contributed by atoms with Crippen molar-refractivity contribution in [3.63, 3.8) is 0 Å². The molecule has 1 N–H and O–H groups in total. The van der Waals surface area contributed by atoms with Crippen molar-refractivity contribution in [1.29, 1.82) is 0 Å². The Kier molecular flexibility index (Phi) is 3.41. The van der Waals surface area contributed by atoms with E-state index in [4.69, 9.17) is 4.74 Å². The van der Waals surface area contributed by atoms with Crippen LogP contribution < -0.4 is 10.3 Å². The third kappa shape index (κ3) is 2.25. The summed E-state index contributed by atoms with van der Waals surface area (Å²) in [6, 6.07) is 3.56. The zero-order valence-electron chi connectivity index (χ0n) is 10.7. The molecule has 0 radical (unpaired) electrons. The van der Waals surface area contributed by atoms with Gasteiger partial charge < -0.3 is 9.72 Å². The molecule has 0 atom stereocenters. The average Bonchev–Trinajstić information content (AvgIpc) is 2.42. The molecule has 0 unspecified atom stereocenters. The van der Waals surface area contributed by atoms with E-state index in [0.717, 1.165) is 17.7 Å². The number of nitrogens with zero attached hydrogens (tertiary/aromatic N) is 2. The maximum absolute atomic E-state index is 11.8. The number of H-pyrrole nitrogens is 1. The van der Waals surface area contributed by atoms with Gasteiger partial charge in [-0.1, -0.05) is 6.92 Å². The number of pyridine rings is 1. The van der Waals surface area contributed by atoms with Crippen molar-refractivity contribution in [2.45, 2.75) is 20.3 Å². The number of hydrogen-bond acceptors (Lipinski definition) is 4. The largest absolute Gasteiger partial charge is 0.481 e. The maximum Gasteiger partial charge on any atom is 0.254 e. The van der Waals surface area contributed by atoms with E-state index in [1.807, 2.05) is 13.0 Å². The Morgan fingerprint density at radius 1 is 1.39 bits per heavy atom. The molecule has 0 saturated carbocycles. The number of methoxy groups -OCH3 is 1. The minimum atomic E-state index is -0.104. The summed E-state index contributed by atoms with van der Waals surface area (Å²) in [6.45, 7) is 3.76. The predicted molar refractivity (Wildman–Crippen MR) is 68.8 cm³/mol. The minimum absolute atomic E-state index is 0.104. The highest BCUT2D eigenvalue weighted by Crippen LogP contribution is 2.16. The summed E-state index contributed by atoms with van der Waals surface area (Å²) < 4.78 is 4.99. The third-order valence-electron chi connectivity index (χ3n) is 2.81. The quantitative estimate of drug-likeness (QED) is 0.893. The Balaban J connectivity index is 2.50. The molecular weight excluding hydrogens is 230 g/mol. The molecule has 2 heterocycles. The van der Waals surface area contributed by atoms with Crippen molar-refractivity contribution < 1.29 is 4.74 Å². The highest BCUT2D eigenvalue weighted by molar-refractivity contribution is 5.54. The Labute approximate surface area is 105 Å². The van der Waals surface area contributed by atoms with E-state index in [1.165, 1.54) is 0 Å². The summed E-state index contributed by atoms with van der Waals surface area (Å²) in [5, 5.41) is 0. The topological polar surface area (TPSA) is 67.9 Å². The number of aromatic amines is 1. The van der Waals surface area contributed by atoms with Crippen molar-refractivity contribution in [2.24, 2.45) is 0 Å². The first-order chi connectivity index (χ1) is 8.65. The lowest BCUT2D eigenvalue weighted by atomic mass is 10.2. The lowest BCUT2D eigenvalue weighted by molar-refractivity contribution is 0.398. The number of aromatic nitrogens is 3. The molecule has 0 aromatic carbocycles. The first-order valence-corrected chi connectivity index (χ1v) is 5.76. The van der Waals surface area contributed by atoms with Gasteiger partial charge in [0.2, 0.25) is 5.88 Å². The van der Waals surface area contributed by atoms with E-state index in [-0.39, 0.29) is 5.56 Å². The molecule has 5 heteroatoms. The second-order valence-electron chi connectivity index (χ2n) is 3.93. The fourth-order valence-corrected chi connectivity index (χ4v) is 1.70. The zero-order chi connectivity index (χ0) is 13.1. The fourth-order valence-electron chi connectivity index (χ4n) is 1.70. The first kappa shape index (κ1) is 12.3. The van der Waals surface area contributed by atoms with Crippen LogP contribution in [0.5, 0.6) is 5.88 Å². The molecule has 2 rings (SSSR count). The van der Waals surface area contributed by atoms with Crippen LogP contribution in [-0.2, 0) is 6.42 Å². The lowest BCUT2D eigenvalue weighted by Gasteiger charge is -2.06. The Hall–Kier alpha value is -2.17. The summed E-state index contributed by atoms with van der Waals surface area (Å²) in [4.78, 5) is 23.1. The second kappa shape index (κ2) is 5.00. The van der Waals surface area contributed by atoms with Crippen LogP contribution in [0.2, 0.25) is 0 Å². The smallest absolute Gasteiger partial charge is 0.254 e. The molecule has 5 nitrogen and oxygen atoms in total. The Morgan fingerprint density at radius 3 is 2.72 bits per heavy atom. The molecule has 2 aromatic heterocycles. The number of rotatable bonds is 3. The third-order valence-corrected chi connectivity index (χ3v) is 2.81. The number of nitrogens with one attached hydrogen (secondary N) is 1. The van der Waals surface area contributed by atoms with Gasteiger partial charge in [-0.25, -0.2) is 9.97 Å². The molecule has 0 fully saturated rings. The van der Waals surface area contributed by atoms with Crippen molar-refractivity contribution in [2.75, 3.05) is 7.11 Å². The number of aryl methyl sites for hydroxylation is 1. The van der Waals surface area contributed by atoms with E-state index in [1.54, 1.807) is 26.3 Å². The number of ether oxygens (including phenoxy) is 1. The van der Waals surface area contributed by atoms with Crippen LogP contribution in [0.1, 0.15) is 18.2 Å². The van der Waals surface area contributed by atoms with Crippen LogP contribution in [0.4, 0.5) is 0 Å². The van der Waals surface area contributed by atoms with Gasteiger partial charge in [0.1, 0.15) is 5.82 Å². The Bertz CT molecular complexity index is 603. The van der Waals surface area contributed by atoms with Gasteiger partial charge in [0.05, 0.1) is 12.8 Å². The van der Waals surface area contributed by atoms with Crippen LogP contribution in [0.25, 0.3) is 11.4 Å². The van der Waals surface area contributed by atoms with E-state index in [9.17, 15) is 4.79 Å². The summed E-state index contributed by atoms with van der Waals surface area (Å²) >= 11 is 0. The summed E-state index contributed by atoms with van der Waals surface area (Å²) in [5.41, 5.74) is 2.14. The summed E-state index contributed by atoms with van der Waals surface area (Å²) in [6.07, 6.45) is 2.36. The van der Waals surface area contributed by atoms with E-state index >= 15 is 0 Å². The molecule has 0 aliphatic heterocycles. The molecule has 18 heavy (non-hydrogen) atoms. The van der Waals surface area contributed by atoms with Gasteiger partial charge >= 0.3 is 0 Å². The van der Waals surface area contributed by atoms with Gasteiger partial charge in [-0.2, -0.15) is 0 Å². The average molecular weight is 245 g/mol. The molecule has 0 amide bonds. The van der Waals surface area contributed by atoms with E-state index in [2.05, 4.69) is 15.0 Å². The van der Waals surface area contributed by atoms with E-state index < -0.39 is 0 Å². The van der Waals surface area contributed by atoms with E-state index in [0.29, 0.717) is 17.3 Å². The molecule has 0 saturated heterocycles. The van der Waals surface area contributed by atoms with Gasteiger partial charge in [0.25, 0.3) is 5.56 Å². The van der Waals surface area contributed by atoms with Gasteiger partial charge in [0, 0.05) is 23.4 Å². The van der Waals surface area contributed by atoms with Crippen molar-refractivity contribution in [3.8, 4) is 17.3 Å². The van der Waals surface area contributed by atoms with Crippen LogP contribution in [0.3, 0.4) is 0 Å². The monoisotopic (exact) mass is 245 g/mol. The standard InChI is InChI=1S/C13H15N3O2/c1-4-10-8(2)13(17)16-12(15-10)9-5-6-11(18-3)14-7-9/h5-7H,4H2,1-3H3,(H,15,16,17). The first-order valence-electron chi connectivity index (χ1n) is 5.76. The highest BCUT2D eigenvalue weighted by atomic mass is 16.5. The molecule has 0 spiro atoms. The molecular formula is C13H15N3O2. The van der Waals surface area contributed by atoms with Crippen molar-refractivity contribution >= 4 is 0 Å². The molecule has 2 aromatic rings. The van der Waals surface area contributed by atoms with Gasteiger partial charge in [-0.3, -0.25) is 4.79 Å². The molecule has 0 aliphatic carbocycles. The SMILES string of the molecule is CCc1nc(-c2ccc(OC)nc2)[nH]c(=O)c1C. The van der Waals surface area contributed by atoms with Gasteiger partial charge in [0.15, 0.2) is 0 Å². The fraction of sp³-hybridized carbons (Fsp3) is 0.308. The lowest BCUT2D eigenvalue weighted by Crippen LogP contribution is -2.15. The Morgan fingerprint density at radius 2 is 2.17 bits per heavy atom. The van der Waals surface area contributed by atoms with Gasteiger partial charge in [-0.05, 0) is 19.4 Å². The van der Waals surface area contributed by atoms with Gasteiger partial charge in [-0.15, -0.1) is 0 Å². The highest BCUT2D eigenvalue weighted by Gasteiger charge is 2.08. The van der Waals surface area contributed by atoms with Crippen LogP contribution in [0, 0.1) is 6.92 Å². The maximum atomic E-state index is 11.8. The zero-order valence-corrected chi connectivity index (χ0v) is 10.7.